The van der Waals surface area contributed by atoms with Crippen molar-refractivity contribution in [3.63, 3.8) is 0 Å². The fourth-order valence-electron chi connectivity index (χ4n) is 3.20. The van der Waals surface area contributed by atoms with Gasteiger partial charge < -0.3 is 9.47 Å². The van der Waals surface area contributed by atoms with Crippen molar-refractivity contribution < 1.29 is 22.7 Å². The number of benzene rings is 1. The first-order valence-corrected chi connectivity index (χ1v) is 11.7. The van der Waals surface area contributed by atoms with E-state index in [1.165, 1.54) is 23.6 Å². The van der Waals surface area contributed by atoms with Crippen LogP contribution in [0.2, 0.25) is 0 Å². The summed E-state index contributed by atoms with van der Waals surface area (Å²) in [6, 6.07) is 11.4. The molecule has 1 aromatic carbocycles. The summed E-state index contributed by atoms with van der Waals surface area (Å²) < 4.78 is 37.9. The Morgan fingerprint density at radius 3 is 2.68 bits per heavy atom. The second-order valence-corrected chi connectivity index (χ2v) is 9.86. The number of hydrogen-bond acceptors (Lipinski definition) is 8. The van der Waals surface area contributed by atoms with E-state index < -0.39 is 21.9 Å². The molecule has 0 N–H and O–H groups in total. The number of piperidine rings is 1. The third-order valence-corrected chi connectivity index (χ3v) is 8.00. The SMILES string of the molecule is COc1cc(C=C(C#N)C#N)ccc1OC(=O)C1CCCN(S(=O)(=O)c2cccs2)C1. The Bertz CT molecular complexity index is 1160. The van der Waals surface area contributed by atoms with Gasteiger partial charge in [0, 0.05) is 13.1 Å². The van der Waals surface area contributed by atoms with Crippen LogP contribution < -0.4 is 9.47 Å². The van der Waals surface area contributed by atoms with E-state index in [2.05, 4.69) is 0 Å². The molecule has 0 saturated carbocycles. The number of thiophene rings is 1. The molecule has 1 aliphatic rings. The van der Waals surface area contributed by atoms with Gasteiger partial charge in [-0.25, -0.2) is 8.42 Å². The van der Waals surface area contributed by atoms with Crippen LogP contribution in [0.15, 0.2) is 45.5 Å². The number of nitrogens with zero attached hydrogens (tertiary/aromatic N) is 3. The minimum absolute atomic E-state index is 0.0515. The molecule has 8 nitrogen and oxygen atoms in total. The number of methoxy groups -OCH3 is 1. The summed E-state index contributed by atoms with van der Waals surface area (Å²) in [6.45, 7) is 0.407. The average Bonchev–Trinajstić information content (AvgIpc) is 3.34. The van der Waals surface area contributed by atoms with Gasteiger partial charge in [0.05, 0.1) is 13.0 Å². The minimum Gasteiger partial charge on any atom is -0.493 e. The molecule has 1 aromatic heterocycles. The summed E-state index contributed by atoms with van der Waals surface area (Å²) in [6.07, 6.45) is 2.46. The topological polar surface area (TPSA) is 120 Å². The third-order valence-electron chi connectivity index (χ3n) is 4.76. The van der Waals surface area contributed by atoms with Gasteiger partial charge in [-0.2, -0.15) is 14.8 Å². The van der Waals surface area contributed by atoms with E-state index in [1.807, 2.05) is 0 Å². The lowest BCUT2D eigenvalue weighted by Gasteiger charge is -2.30. The quantitative estimate of drug-likeness (QED) is 0.371. The van der Waals surface area contributed by atoms with Crippen LogP contribution in [0.4, 0.5) is 0 Å². The molecule has 1 aliphatic heterocycles. The number of ether oxygens (including phenoxy) is 2. The lowest BCUT2D eigenvalue weighted by molar-refractivity contribution is -0.140. The maximum atomic E-state index is 12.8. The van der Waals surface area contributed by atoms with Gasteiger partial charge in [0.2, 0.25) is 0 Å². The highest BCUT2D eigenvalue weighted by Gasteiger charge is 2.35. The summed E-state index contributed by atoms with van der Waals surface area (Å²) in [4.78, 5) is 12.8. The number of nitriles is 2. The van der Waals surface area contributed by atoms with Crippen LogP contribution in [0.1, 0.15) is 18.4 Å². The fraction of sp³-hybridized carbons (Fsp3) is 0.286. The Balaban J connectivity index is 1.75. The smallest absolute Gasteiger partial charge is 0.315 e. The van der Waals surface area contributed by atoms with Crippen LogP contribution in [-0.2, 0) is 14.8 Å². The summed E-state index contributed by atoms with van der Waals surface area (Å²) in [7, 11) is -2.22. The molecule has 160 valence electrons. The molecule has 1 fully saturated rings. The van der Waals surface area contributed by atoms with Crippen molar-refractivity contribution in [2.24, 2.45) is 5.92 Å². The highest BCUT2D eigenvalue weighted by atomic mass is 32.2. The lowest BCUT2D eigenvalue weighted by atomic mass is 10.00. The molecule has 31 heavy (non-hydrogen) atoms. The van der Waals surface area contributed by atoms with Crippen molar-refractivity contribution in [3.05, 3.63) is 46.8 Å². The van der Waals surface area contributed by atoms with Crippen LogP contribution in [0, 0.1) is 28.6 Å². The van der Waals surface area contributed by atoms with Crippen molar-refractivity contribution in [2.45, 2.75) is 17.1 Å². The summed E-state index contributed by atoms with van der Waals surface area (Å²) in [5, 5.41) is 19.5. The number of carbonyl (C=O) groups excluding carboxylic acids is 1. The third kappa shape index (κ3) is 5.12. The van der Waals surface area contributed by atoms with Gasteiger partial charge in [0.15, 0.2) is 11.5 Å². The average molecular weight is 458 g/mol. The van der Waals surface area contributed by atoms with Gasteiger partial charge in [-0.1, -0.05) is 12.1 Å². The Hall–Kier alpha value is -3.18. The summed E-state index contributed by atoms with van der Waals surface area (Å²) in [5.74, 6) is -0.700. The maximum Gasteiger partial charge on any atom is 0.315 e. The van der Waals surface area contributed by atoms with Crippen LogP contribution in [-0.4, -0.2) is 38.9 Å². The van der Waals surface area contributed by atoms with Crippen LogP contribution in [0.5, 0.6) is 11.5 Å². The van der Waals surface area contributed by atoms with Crippen molar-refractivity contribution in [1.29, 1.82) is 10.5 Å². The van der Waals surface area contributed by atoms with E-state index >= 15 is 0 Å². The van der Waals surface area contributed by atoms with E-state index in [4.69, 9.17) is 20.0 Å². The Morgan fingerprint density at radius 1 is 1.26 bits per heavy atom. The second-order valence-electron chi connectivity index (χ2n) is 6.75. The number of esters is 1. The minimum atomic E-state index is -3.63. The van der Waals surface area contributed by atoms with Gasteiger partial charge in [-0.15, -0.1) is 11.3 Å². The molecule has 2 aromatic rings. The van der Waals surface area contributed by atoms with Gasteiger partial charge in [0.25, 0.3) is 10.0 Å². The van der Waals surface area contributed by atoms with E-state index in [1.54, 1.807) is 41.8 Å². The molecule has 1 atom stereocenters. The maximum absolute atomic E-state index is 12.8. The molecule has 0 aliphatic carbocycles. The Kier molecular flexibility index (Phi) is 7.08. The summed E-state index contributed by atoms with van der Waals surface area (Å²) >= 11 is 1.14. The molecule has 0 spiro atoms. The molecule has 0 bridgehead atoms. The highest BCUT2D eigenvalue weighted by molar-refractivity contribution is 7.91. The van der Waals surface area contributed by atoms with Gasteiger partial charge in [0.1, 0.15) is 21.9 Å². The lowest BCUT2D eigenvalue weighted by Crippen LogP contribution is -2.43. The molecule has 3 rings (SSSR count). The molecule has 1 unspecified atom stereocenters. The first kappa shape index (κ1) is 22.5. The predicted octanol–water partition coefficient (Wildman–Crippen LogP) is 3.19. The molecule has 1 saturated heterocycles. The zero-order valence-corrected chi connectivity index (χ0v) is 18.3. The van der Waals surface area contributed by atoms with Gasteiger partial charge in [-0.3, -0.25) is 4.79 Å². The second kappa shape index (κ2) is 9.75. The Morgan fingerprint density at radius 2 is 2.03 bits per heavy atom. The predicted molar refractivity (Wildman–Crippen MR) is 114 cm³/mol. The number of rotatable bonds is 6. The fourth-order valence-corrected chi connectivity index (χ4v) is 5.87. The highest BCUT2D eigenvalue weighted by Crippen LogP contribution is 2.31. The van der Waals surface area contributed by atoms with Crippen molar-refractivity contribution in [1.82, 2.24) is 4.31 Å². The zero-order valence-electron chi connectivity index (χ0n) is 16.6. The van der Waals surface area contributed by atoms with Crippen molar-refractivity contribution in [3.8, 4) is 23.6 Å². The zero-order chi connectivity index (χ0) is 22.4. The molecule has 2 heterocycles. The van der Waals surface area contributed by atoms with E-state index in [9.17, 15) is 13.2 Å². The molecule has 0 radical (unpaired) electrons. The van der Waals surface area contributed by atoms with Crippen LogP contribution >= 0.6 is 11.3 Å². The Labute approximate surface area is 184 Å². The van der Waals surface area contributed by atoms with Gasteiger partial charge in [-0.05, 0) is 48.1 Å². The van der Waals surface area contributed by atoms with Crippen LogP contribution in [0.25, 0.3) is 6.08 Å². The summed E-state index contributed by atoms with van der Waals surface area (Å²) in [5.41, 5.74) is 0.474. The normalized spacial score (nSPS) is 16.5. The number of hydrogen-bond donors (Lipinski definition) is 0. The molecular formula is C21H19N3O5S2. The van der Waals surface area contributed by atoms with Crippen molar-refractivity contribution >= 4 is 33.4 Å². The standard InChI is InChI=1S/C21H19N3O5S2/c1-28-19-11-15(10-16(12-22)13-23)6-7-18(19)29-21(25)17-4-2-8-24(14-17)31(26,27)20-5-3-9-30-20/h3,5-7,9-11,17H,2,4,8,14H2,1H3. The number of allylic oxidation sites excluding steroid dienone is 1. The van der Waals surface area contributed by atoms with E-state index in [0.717, 1.165) is 11.3 Å². The number of sulfonamides is 1. The largest absolute Gasteiger partial charge is 0.493 e. The first-order valence-electron chi connectivity index (χ1n) is 9.34. The molecular weight excluding hydrogens is 438 g/mol. The van der Waals surface area contributed by atoms with E-state index in [0.29, 0.717) is 24.9 Å². The molecule has 0 amide bonds. The van der Waals surface area contributed by atoms with Crippen molar-refractivity contribution in [2.75, 3.05) is 20.2 Å². The first-order chi connectivity index (χ1) is 14.9. The van der Waals surface area contributed by atoms with Gasteiger partial charge >= 0.3 is 5.97 Å². The van der Waals surface area contributed by atoms with E-state index in [-0.39, 0.29) is 27.8 Å². The molecule has 10 heteroatoms. The monoisotopic (exact) mass is 457 g/mol. The number of carbonyl (C=O) groups is 1. The van der Waals surface area contributed by atoms with Crippen LogP contribution in [0.3, 0.4) is 0 Å².